The lowest BCUT2D eigenvalue weighted by Crippen LogP contribution is -2.30. The van der Waals surface area contributed by atoms with Crippen LogP contribution in [-0.2, 0) is 28.6 Å². The molecule has 0 bridgehead atoms. The molecule has 0 aliphatic rings. The Morgan fingerprint density at radius 3 is 0.972 bits per heavy atom. The Morgan fingerprint density at radius 2 is 0.592 bits per heavy atom. The van der Waals surface area contributed by atoms with Crippen molar-refractivity contribution in [3.63, 3.8) is 0 Å². The van der Waals surface area contributed by atoms with Gasteiger partial charge in [-0.25, -0.2) is 0 Å². The van der Waals surface area contributed by atoms with E-state index in [1.807, 2.05) is 12.2 Å². The van der Waals surface area contributed by atoms with Gasteiger partial charge in [0.05, 0.1) is 0 Å². The molecular weight excluding hydrogens is 877 g/mol. The van der Waals surface area contributed by atoms with Crippen LogP contribution in [0.5, 0.6) is 0 Å². The summed E-state index contributed by atoms with van der Waals surface area (Å²) in [5.74, 6) is -1.06. The molecule has 6 heteroatoms. The summed E-state index contributed by atoms with van der Waals surface area (Å²) in [6.45, 7) is 6.43. The molecular formula is C65H108O6. The largest absolute Gasteiger partial charge is 0.462 e. The quantitative estimate of drug-likeness (QED) is 0.0261. The van der Waals surface area contributed by atoms with Crippen LogP contribution in [0.25, 0.3) is 0 Å². The van der Waals surface area contributed by atoms with Gasteiger partial charge in [-0.15, -0.1) is 0 Å². The minimum absolute atomic E-state index is 0.123. The Balaban J connectivity index is 4.57. The Hall–Kier alpha value is -3.93. The van der Waals surface area contributed by atoms with E-state index in [1.165, 1.54) is 135 Å². The van der Waals surface area contributed by atoms with Crippen LogP contribution >= 0.6 is 0 Å². The molecule has 0 fully saturated rings. The maximum atomic E-state index is 12.8. The molecule has 0 N–H and O–H groups in total. The summed E-state index contributed by atoms with van der Waals surface area (Å²) >= 11 is 0. The first-order valence-electron chi connectivity index (χ1n) is 29.4. The van der Waals surface area contributed by atoms with Crippen molar-refractivity contribution >= 4 is 17.9 Å². The van der Waals surface area contributed by atoms with E-state index in [1.54, 1.807) is 0 Å². The minimum Gasteiger partial charge on any atom is -0.462 e. The van der Waals surface area contributed by atoms with Crippen molar-refractivity contribution in [1.29, 1.82) is 0 Å². The van der Waals surface area contributed by atoms with Crippen molar-refractivity contribution in [2.45, 2.75) is 271 Å². The molecule has 0 aromatic carbocycles. The lowest BCUT2D eigenvalue weighted by Gasteiger charge is -2.18. The third-order valence-electron chi connectivity index (χ3n) is 12.3. The molecule has 6 nitrogen and oxygen atoms in total. The summed E-state index contributed by atoms with van der Waals surface area (Å²) in [7, 11) is 0. The second kappa shape index (κ2) is 58.6. The number of rotatable bonds is 52. The zero-order valence-electron chi connectivity index (χ0n) is 46.2. The smallest absolute Gasteiger partial charge is 0.306 e. The molecule has 71 heavy (non-hydrogen) atoms. The van der Waals surface area contributed by atoms with Gasteiger partial charge in [-0.3, -0.25) is 14.4 Å². The van der Waals surface area contributed by atoms with E-state index < -0.39 is 12.1 Å². The van der Waals surface area contributed by atoms with Gasteiger partial charge in [-0.2, -0.15) is 0 Å². The van der Waals surface area contributed by atoms with E-state index in [9.17, 15) is 14.4 Å². The number of hydrogen-bond donors (Lipinski definition) is 0. The van der Waals surface area contributed by atoms with E-state index in [0.717, 1.165) is 77.0 Å². The van der Waals surface area contributed by atoms with Crippen LogP contribution < -0.4 is 0 Å². The summed E-state index contributed by atoms with van der Waals surface area (Å²) < 4.78 is 16.8. The first-order valence-corrected chi connectivity index (χ1v) is 29.4. The van der Waals surface area contributed by atoms with Crippen molar-refractivity contribution in [2.75, 3.05) is 13.2 Å². The van der Waals surface area contributed by atoms with Crippen molar-refractivity contribution < 1.29 is 28.6 Å². The highest BCUT2D eigenvalue weighted by molar-refractivity contribution is 5.71. The monoisotopic (exact) mass is 985 g/mol. The molecule has 1 atom stereocenters. The van der Waals surface area contributed by atoms with Gasteiger partial charge < -0.3 is 14.2 Å². The van der Waals surface area contributed by atoms with Crippen LogP contribution in [0.4, 0.5) is 0 Å². The Bertz CT molecular complexity index is 1460. The Kier molecular flexibility index (Phi) is 55.4. The second-order valence-corrected chi connectivity index (χ2v) is 19.2. The molecule has 0 rings (SSSR count). The lowest BCUT2D eigenvalue weighted by atomic mass is 10.0. The zero-order valence-corrected chi connectivity index (χ0v) is 46.2. The standard InChI is InChI=1S/C65H108O6/c1-4-7-10-13-16-19-22-25-28-31-32-35-38-41-44-47-50-53-56-59-65(68)71-62(60-69-63(66)57-54-51-48-45-42-39-36-33-29-26-23-20-17-14-11-8-5-2)61-70-64(67)58-55-52-49-46-43-40-37-34-30-27-24-21-18-15-12-9-6-3/h7,10,16,19,25-26,28-29,32,35-36,39,41,44-45,48,50,53,62H,4-6,8-9,11-15,17-18,20-24,27,30-31,33-34,37-38,40,42-43,46-47,49,51-52,54-61H2,1-3H3/b10-7-,19-16-,28-25-,29-26-,35-32-,39-36-,44-41-,48-45-,53-50-/t62-/m1/s1. The molecule has 0 spiro atoms. The number of carbonyl (C=O) groups excluding carboxylic acids is 3. The summed E-state index contributed by atoms with van der Waals surface area (Å²) in [6.07, 6.45) is 79.6. The molecule has 0 aliphatic carbocycles. The summed E-state index contributed by atoms with van der Waals surface area (Å²) in [5, 5.41) is 0. The highest BCUT2D eigenvalue weighted by atomic mass is 16.6. The maximum absolute atomic E-state index is 12.8. The second-order valence-electron chi connectivity index (χ2n) is 19.2. The number of ether oxygens (including phenoxy) is 3. The molecule has 0 amide bonds. The third-order valence-corrected chi connectivity index (χ3v) is 12.3. The zero-order chi connectivity index (χ0) is 51.4. The fourth-order valence-corrected chi connectivity index (χ4v) is 7.90. The van der Waals surface area contributed by atoms with E-state index in [4.69, 9.17) is 14.2 Å². The van der Waals surface area contributed by atoms with Crippen LogP contribution in [-0.4, -0.2) is 37.2 Å². The highest BCUT2D eigenvalue weighted by Crippen LogP contribution is 2.15. The molecule has 0 saturated heterocycles. The molecule has 0 aromatic rings. The van der Waals surface area contributed by atoms with Gasteiger partial charge in [0.2, 0.25) is 0 Å². The van der Waals surface area contributed by atoms with Gasteiger partial charge >= 0.3 is 17.9 Å². The highest BCUT2D eigenvalue weighted by Gasteiger charge is 2.19. The number of unbranched alkanes of at least 4 members (excludes halogenated alkanes) is 23. The third kappa shape index (κ3) is 56.9. The first kappa shape index (κ1) is 67.1. The van der Waals surface area contributed by atoms with E-state index in [2.05, 4.69) is 118 Å². The number of carbonyl (C=O) groups is 3. The molecule has 0 heterocycles. The van der Waals surface area contributed by atoms with Gasteiger partial charge in [-0.1, -0.05) is 265 Å². The van der Waals surface area contributed by atoms with Crippen LogP contribution in [0.3, 0.4) is 0 Å². The Morgan fingerprint density at radius 1 is 0.296 bits per heavy atom. The summed E-state index contributed by atoms with van der Waals surface area (Å²) in [5.41, 5.74) is 0. The normalized spacial score (nSPS) is 12.9. The lowest BCUT2D eigenvalue weighted by molar-refractivity contribution is -0.166. The van der Waals surface area contributed by atoms with Gasteiger partial charge in [0.25, 0.3) is 0 Å². The fraction of sp³-hybridized carbons (Fsp3) is 0.677. The Labute approximate surface area is 438 Å². The predicted molar refractivity (Wildman–Crippen MR) is 307 cm³/mol. The van der Waals surface area contributed by atoms with Gasteiger partial charge in [0, 0.05) is 19.3 Å². The summed E-state index contributed by atoms with van der Waals surface area (Å²) in [6, 6.07) is 0. The molecule has 0 aromatic heterocycles. The van der Waals surface area contributed by atoms with Gasteiger partial charge in [-0.05, 0) is 89.9 Å². The topological polar surface area (TPSA) is 78.9 Å². The SMILES string of the molecule is CC/C=C\C/C=C\C/C=C\C/C=C\C/C=C\C/C=C\CCC(=O)O[C@H](COC(=O)CCC/C=C\C/C=C\C/C=C\CCCCCCCC)COC(=O)CCCCCCCCCCCCCCCCCCC. The van der Waals surface area contributed by atoms with E-state index in [0.29, 0.717) is 19.3 Å². The number of hydrogen-bond acceptors (Lipinski definition) is 6. The first-order chi connectivity index (χ1) is 35.0. The van der Waals surface area contributed by atoms with E-state index in [-0.39, 0.29) is 38.0 Å². The fourth-order valence-electron chi connectivity index (χ4n) is 7.90. The van der Waals surface area contributed by atoms with Crippen LogP contribution in [0.2, 0.25) is 0 Å². The van der Waals surface area contributed by atoms with Gasteiger partial charge in [0.1, 0.15) is 13.2 Å². The average Bonchev–Trinajstić information content (AvgIpc) is 3.37. The molecule has 404 valence electrons. The summed E-state index contributed by atoms with van der Waals surface area (Å²) in [4.78, 5) is 38.1. The molecule has 0 unspecified atom stereocenters. The number of allylic oxidation sites excluding steroid dienone is 18. The van der Waals surface area contributed by atoms with Crippen molar-refractivity contribution in [3.05, 3.63) is 109 Å². The molecule has 0 saturated carbocycles. The van der Waals surface area contributed by atoms with Crippen molar-refractivity contribution in [3.8, 4) is 0 Å². The van der Waals surface area contributed by atoms with Crippen LogP contribution in [0, 0.1) is 0 Å². The van der Waals surface area contributed by atoms with Crippen molar-refractivity contribution in [1.82, 2.24) is 0 Å². The van der Waals surface area contributed by atoms with Crippen molar-refractivity contribution in [2.24, 2.45) is 0 Å². The van der Waals surface area contributed by atoms with Gasteiger partial charge in [0.15, 0.2) is 6.10 Å². The minimum atomic E-state index is -0.840. The number of esters is 3. The van der Waals surface area contributed by atoms with Crippen LogP contribution in [0.1, 0.15) is 265 Å². The van der Waals surface area contributed by atoms with Crippen LogP contribution in [0.15, 0.2) is 109 Å². The molecule has 0 aliphatic heterocycles. The average molecular weight is 986 g/mol. The predicted octanol–water partition coefficient (Wildman–Crippen LogP) is 19.9. The molecule has 0 radical (unpaired) electrons. The van der Waals surface area contributed by atoms with E-state index >= 15 is 0 Å². The maximum Gasteiger partial charge on any atom is 0.306 e.